The number of hydrazone groups is 1. The highest BCUT2D eigenvalue weighted by atomic mass is 35.5. The number of benzene rings is 2. The van der Waals surface area contributed by atoms with E-state index in [0.29, 0.717) is 5.92 Å². The normalized spacial score (nSPS) is 18.3. The summed E-state index contributed by atoms with van der Waals surface area (Å²) < 4.78 is 0. The molecule has 1 atom stereocenters. The molecule has 1 N–H and O–H groups in total. The molecule has 0 aliphatic carbocycles. The van der Waals surface area contributed by atoms with Crippen molar-refractivity contribution in [3.63, 3.8) is 0 Å². The topological polar surface area (TPSA) is 24.4 Å². The summed E-state index contributed by atoms with van der Waals surface area (Å²) in [5.74, 6) is 0.312. The quantitative estimate of drug-likeness (QED) is 0.875. The molecular formula is C15H13ClN2. The van der Waals surface area contributed by atoms with Gasteiger partial charge in [0.2, 0.25) is 0 Å². The van der Waals surface area contributed by atoms with Gasteiger partial charge < -0.3 is 5.43 Å². The molecule has 0 spiro atoms. The third-order valence-electron chi connectivity index (χ3n) is 3.17. The van der Waals surface area contributed by atoms with Crippen LogP contribution >= 0.6 is 11.6 Å². The lowest BCUT2D eigenvalue weighted by Gasteiger charge is -2.12. The van der Waals surface area contributed by atoms with Crippen LogP contribution in [-0.4, -0.2) is 12.3 Å². The standard InChI is InChI=1S/C15H13ClN2/c16-13-8-6-12(7-9-13)15-14(10-17-18-15)11-4-2-1-3-5-11/h1-9,14,17H,10H2/t14-/m0/s1. The van der Waals surface area contributed by atoms with Crippen molar-refractivity contribution in [3.05, 3.63) is 70.7 Å². The van der Waals surface area contributed by atoms with E-state index in [9.17, 15) is 0 Å². The predicted molar refractivity (Wildman–Crippen MR) is 75.2 cm³/mol. The molecule has 1 heterocycles. The number of halogens is 1. The molecule has 0 bridgehead atoms. The lowest BCUT2D eigenvalue weighted by Crippen LogP contribution is -2.14. The van der Waals surface area contributed by atoms with Crippen molar-refractivity contribution in [2.45, 2.75) is 5.92 Å². The molecule has 0 fully saturated rings. The molecule has 0 saturated carbocycles. The minimum Gasteiger partial charge on any atom is -0.309 e. The number of rotatable bonds is 2. The first-order valence-electron chi connectivity index (χ1n) is 5.96. The maximum absolute atomic E-state index is 5.92. The Morgan fingerprint density at radius 1 is 1.00 bits per heavy atom. The van der Waals surface area contributed by atoms with E-state index in [4.69, 9.17) is 11.6 Å². The monoisotopic (exact) mass is 256 g/mol. The Labute approximate surface area is 111 Å². The number of nitrogens with zero attached hydrogens (tertiary/aromatic N) is 1. The van der Waals surface area contributed by atoms with Crippen LogP contribution in [-0.2, 0) is 0 Å². The van der Waals surface area contributed by atoms with Crippen molar-refractivity contribution < 1.29 is 0 Å². The smallest absolute Gasteiger partial charge is 0.0768 e. The van der Waals surface area contributed by atoms with Crippen LogP contribution in [0.3, 0.4) is 0 Å². The third kappa shape index (κ3) is 2.12. The second-order valence-electron chi connectivity index (χ2n) is 4.33. The Balaban J connectivity index is 1.94. The van der Waals surface area contributed by atoms with Crippen molar-refractivity contribution in [3.8, 4) is 0 Å². The van der Waals surface area contributed by atoms with Crippen molar-refractivity contribution in [2.24, 2.45) is 5.10 Å². The fourth-order valence-corrected chi connectivity index (χ4v) is 2.37. The second-order valence-corrected chi connectivity index (χ2v) is 4.77. The van der Waals surface area contributed by atoms with E-state index >= 15 is 0 Å². The summed E-state index contributed by atoms with van der Waals surface area (Å²) in [7, 11) is 0. The minimum absolute atomic E-state index is 0.312. The summed E-state index contributed by atoms with van der Waals surface area (Å²) in [5.41, 5.74) is 6.58. The fourth-order valence-electron chi connectivity index (χ4n) is 2.24. The van der Waals surface area contributed by atoms with Gasteiger partial charge in [-0.2, -0.15) is 5.10 Å². The molecule has 0 unspecified atom stereocenters. The number of hydrogen-bond acceptors (Lipinski definition) is 2. The maximum Gasteiger partial charge on any atom is 0.0768 e. The van der Waals surface area contributed by atoms with Crippen LogP contribution in [0, 0.1) is 0 Å². The molecule has 18 heavy (non-hydrogen) atoms. The first-order chi connectivity index (χ1) is 8.84. The Morgan fingerprint density at radius 3 is 2.44 bits per heavy atom. The minimum atomic E-state index is 0.312. The Morgan fingerprint density at radius 2 is 1.72 bits per heavy atom. The maximum atomic E-state index is 5.92. The molecule has 1 aliphatic rings. The van der Waals surface area contributed by atoms with E-state index in [0.717, 1.165) is 22.8 Å². The fraction of sp³-hybridized carbons (Fsp3) is 0.133. The van der Waals surface area contributed by atoms with E-state index < -0.39 is 0 Å². The van der Waals surface area contributed by atoms with Gasteiger partial charge in [0.05, 0.1) is 5.71 Å². The van der Waals surface area contributed by atoms with E-state index in [1.807, 2.05) is 30.3 Å². The summed E-state index contributed by atoms with van der Waals surface area (Å²) in [6, 6.07) is 18.3. The van der Waals surface area contributed by atoms with Crippen molar-refractivity contribution in [1.29, 1.82) is 0 Å². The van der Waals surface area contributed by atoms with Crippen LogP contribution in [0.5, 0.6) is 0 Å². The second kappa shape index (κ2) is 4.83. The van der Waals surface area contributed by atoms with Gasteiger partial charge in [0.1, 0.15) is 0 Å². The van der Waals surface area contributed by atoms with Crippen LogP contribution in [0.15, 0.2) is 59.7 Å². The highest BCUT2D eigenvalue weighted by molar-refractivity contribution is 6.30. The number of hydrogen-bond donors (Lipinski definition) is 1. The Bertz CT molecular complexity index is 561. The lowest BCUT2D eigenvalue weighted by molar-refractivity contribution is 0.763. The third-order valence-corrected chi connectivity index (χ3v) is 3.42. The van der Waals surface area contributed by atoms with E-state index in [2.05, 4.69) is 34.8 Å². The van der Waals surface area contributed by atoms with Gasteiger partial charge in [-0.05, 0) is 23.3 Å². The van der Waals surface area contributed by atoms with Crippen LogP contribution in [0.4, 0.5) is 0 Å². The molecule has 0 amide bonds. The summed E-state index contributed by atoms with van der Waals surface area (Å²) in [4.78, 5) is 0. The highest BCUT2D eigenvalue weighted by Gasteiger charge is 2.24. The molecule has 3 heteroatoms. The molecule has 0 aromatic heterocycles. The zero-order valence-corrected chi connectivity index (χ0v) is 10.6. The SMILES string of the molecule is Clc1ccc(C2=NNC[C@H]2c2ccccc2)cc1. The first-order valence-corrected chi connectivity index (χ1v) is 6.34. The van der Waals surface area contributed by atoms with E-state index in [1.54, 1.807) is 0 Å². The van der Waals surface area contributed by atoms with Gasteiger partial charge in [-0.25, -0.2) is 0 Å². The summed E-state index contributed by atoms with van der Waals surface area (Å²) in [5, 5.41) is 5.17. The molecule has 1 aliphatic heterocycles. The molecule has 0 radical (unpaired) electrons. The average molecular weight is 257 g/mol. The predicted octanol–water partition coefficient (Wildman–Crippen LogP) is 3.43. The molecule has 2 aromatic rings. The first kappa shape index (κ1) is 11.3. The Kier molecular flexibility index (Phi) is 3.03. The van der Waals surface area contributed by atoms with Crippen LogP contribution in [0.25, 0.3) is 0 Å². The zero-order chi connectivity index (χ0) is 12.4. The molecule has 2 nitrogen and oxygen atoms in total. The van der Waals surface area contributed by atoms with Gasteiger partial charge in [0, 0.05) is 17.5 Å². The molecule has 2 aromatic carbocycles. The van der Waals surface area contributed by atoms with Crippen LogP contribution < -0.4 is 5.43 Å². The Hall–Kier alpha value is -1.80. The molecule has 3 rings (SSSR count). The van der Waals surface area contributed by atoms with E-state index in [1.165, 1.54) is 5.56 Å². The van der Waals surface area contributed by atoms with E-state index in [-0.39, 0.29) is 0 Å². The lowest BCUT2D eigenvalue weighted by atomic mass is 9.91. The number of nitrogens with one attached hydrogen (secondary N) is 1. The van der Waals surface area contributed by atoms with Gasteiger partial charge in [-0.15, -0.1) is 0 Å². The van der Waals surface area contributed by atoms with Gasteiger partial charge in [0.15, 0.2) is 0 Å². The van der Waals surface area contributed by atoms with Crippen molar-refractivity contribution >= 4 is 17.3 Å². The van der Waals surface area contributed by atoms with Gasteiger partial charge in [-0.1, -0.05) is 54.1 Å². The molecular weight excluding hydrogens is 244 g/mol. The highest BCUT2D eigenvalue weighted by Crippen LogP contribution is 2.25. The van der Waals surface area contributed by atoms with Gasteiger partial charge in [0.25, 0.3) is 0 Å². The summed E-state index contributed by atoms with van der Waals surface area (Å²) in [6.07, 6.45) is 0. The molecule has 0 saturated heterocycles. The van der Waals surface area contributed by atoms with Gasteiger partial charge >= 0.3 is 0 Å². The zero-order valence-electron chi connectivity index (χ0n) is 9.81. The summed E-state index contributed by atoms with van der Waals surface area (Å²) in [6.45, 7) is 0.849. The average Bonchev–Trinajstić information content (AvgIpc) is 2.90. The largest absolute Gasteiger partial charge is 0.309 e. The molecule has 90 valence electrons. The van der Waals surface area contributed by atoms with Crippen molar-refractivity contribution in [2.75, 3.05) is 6.54 Å². The van der Waals surface area contributed by atoms with Crippen LogP contribution in [0.1, 0.15) is 17.0 Å². The van der Waals surface area contributed by atoms with Crippen molar-refractivity contribution in [1.82, 2.24) is 5.43 Å². The van der Waals surface area contributed by atoms with Crippen LogP contribution in [0.2, 0.25) is 5.02 Å². The summed E-state index contributed by atoms with van der Waals surface area (Å²) >= 11 is 5.92. The van der Waals surface area contributed by atoms with Gasteiger partial charge in [-0.3, -0.25) is 0 Å².